The fourth-order valence-electron chi connectivity index (χ4n) is 2.93. The maximum absolute atomic E-state index is 14.0. The number of para-hydroxylation sites is 1. The first-order chi connectivity index (χ1) is 14.4. The SMILES string of the molecule is NC(=O)c1oc2c(F)cc(F)cc2c1NC(=O)c1cccc(Oc2ccccc2)c1. The van der Waals surface area contributed by atoms with Gasteiger partial charge >= 0.3 is 0 Å². The second-order valence-corrected chi connectivity index (χ2v) is 6.33. The minimum Gasteiger partial charge on any atom is -0.457 e. The van der Waals surface area contributed by atoms with Gasteiger partial charge in [-0.15, -0.1) is 0 Å². The molecule has 0 spiro atoms. The molecule has 0 atom stereocenters. The van der Waals surface area contributed by atoms with Crippen LogP contribution in [0.4, 0.5) is 14.5 Å². The Hall–Kier alpha value is -4.20. The van der Waals surface area contributed by atoms with Crippen molar-refractivity contribution < 1.29 is 27.5 Å². The Morgan fingerprint density at radius 2 is 1.67 bits per heavy atom. The average Bonchev–Trinajstić information content (AvgIpc) is 3.08. The summed E-state index contributed by atoms with van der Waals surface area (Å²) < 4.78 is 38.5. The number of benzene rings is 3. The van der Waals surface area contributed by atoms with Crippen LogP contribution in [0.3, 0.4) is 0 Å². The number of fused-ring (bicyclic) bond motifs is 1. The van der Waals surface area contributed by atoms with Gasteiger partial charge in [0, 0.05) is 11.6 Å². The molecule has 3 aromatic carbocycles. The van der Waals surface area contributed by atoms with Crippen LogP contribution in [0.2, 0.25) is 0 Å². The molecular weight excluding hydrogens is 394 g/mol. The summed E-state index contributed by atoms with van der Waals surface area (Å²) in [4.78, 5) is 24.5. The number of nitrogens with one attached hydrogen (secondary N) is 1. The molecule has 0 unspecified atom stereocenters. The Morgan fingerprint density at radius 3 is 2.40 bits per heavy atom. The number of anilines is 1. The number of hydrogen-bond donors (Lipinski definition) is 2. The Bertz CT molecular complexity index is 1270. The van der Waals surface area contributed by atoms with Gasteiger partial charge in [-0.3, -0.25) is 9.59 Å². The summed E-state index contributed by atoms with van der Waals surface area (Å²) in [5.41, 5.74) is 4.86. The molecule has 4 rings (SSSR count). The molecule has 150 valence electrons. The van der Waals surface area contributed by atoms with Gasteiger partial charge in [0.05, 0.1) is 5.39 Å². The van der Waals surface area contributed by atoms with E-state index < -0.39 is 29.2 Å². The molecule has 0 aliphatic carbocycles. The van der Waals surface area contributed by atoms with Crippen LogP contribution >= 0.6 is 0 Å². The van der Waals surface area contributed by atoms with Crippen LogP contribution < -0.4 is 15.8 Å². The molecule has 0 fully saturated rings. The highest BCUT2D eigenvalue weighted by Crippen LogP contribution is 2.33. The fraction of sp³-hybridized carbons (Fsp3) is 0. The summed E-state index contributed by atoms with van der Waals surface area (Å²) in [6.07, 6.45) is 0. The third kappa shape index (κ3) is 3.70. The highest BCUT2D eigenvalue weighted by molar-refractivity contribution is 6.14. The summed E-state index contributed by atoms with van der Waals surface area (Å²) >= 11 is 0. The van der Waals surface area contributed by atoms with Crippen molar-refractivity contribution in [3.63, 3.8) is 0 Å². The number of ether oxygens (including phenoxy) is 1. The van der Waals surface area contributed by atoms with Gasteiger partial charge in [-0.05, 0) is 36.4 Å². The lowest BCUT2D eigenvalue weighted by Gasteiger charge is -2.08. The van der Waals surface area contributed by atoms with E-state index in [4.69, 9.17) is 14.9 Å². The van der Waals surface area contributed by atoms with Crippen LogP contribution in [0.1, 0.15) is 20.9 Å². The summed E-state index contributed by atoms with van der Waals surface area (Å²) in [6, 6.07) is 16.8. The zero-order valence-electron chi connectivity index (χ0n) is 15.3. The van der Waals surface area contributed by atoms with E-state index in [2.05, 4.69) is 5.32 Å². The Balaban J connectivity index is 1.67. The van der Waals surface area contributed by atoms with Crippen molar-refractivity contribution in [1.82, 2.24) is 0 Å². The molecule has 1 heterocycles. The Kier molecular flexibility index (Phi) is 4.89. The monoisotopic (exact) mass is 408 g/mol. The second kappa shape index (κ2) is 7.67. The van der Waals surface area contributed by atoms with Crippen molar-refractivity contribution >= 4 is 28.5 Å². The molecule has 3 N–H and O–H groups in total. The van der Waals surface area contributed by atoms with Crippen molar-refractivity contribution in [3.8, 4) is 11.5 Å². The van der Waals surface area contributed by atoms with Crippen LogP contribution in [-0.2, 0) is 0 Å². The van der Waals surface area contributed by atoms with Gasteiger partial charge < -0.3 is 20.2 Å². The van der Waals surface area contributed by atoms with Crippen molar-refractivity contribution in [2.75, 3.05) is 5.32 Å². The lowest BCUT2D eigenvalue weighted by atomic mass is 10.1. The Labute approximate surface area is 168 Å². The van der Waals surface area contributed by atoms with Crippen molar-refractivity contribution in [2.24, 2.45) is 5.73 Å². The van der Waals surface area contributed by atoms with Crippen LogP contribution in [-0.4, -0.2) is 11.8 Å². The van der Waals surface area contributed by atoms with E-state index in [0.717, 1.165) is 6.07 Å². The zero-order chi connectivity index (χ0) is 21.3. The van der Waals surface area contributed by atoms with E-state index in [1.165, 1.54) is 12.1 Å². The number of hydrogen-bond acceptors (Lipinski definition) is 4. The number of rotatable bonds is 5. The van der Waals surface area contributed by atoms with Crippen LogP contribution in [0.25, 0.3) is 11.0 Å². The average molecular weight is 408 g/mol. The first kappa shape index (κ1) is 19.1. The first-order valence-corrected chi connectivity index (χ1v) is 8.78. The van der Waals surface area contributed by atoms with E-state index in [0.29, 0.717) is 17.6 Å². The highest BCUT2D eigenvalue weighted by atomic mass is 19.1. The quantitative estimate of drug-likeness (QED) is 0.493. The second-order valence-electron chi connectivity index (χ2n) is 6.33. The molecule has 4 aromatic rings. The smallest absolute Gasteiger partial charge is 0.286 e. The number of amides is 2. The minimum absolute atomic E-state index is 0.119. The number of carbonyl (C=O) groups is 2. The zero-order valence-corrected chi connectivity index (χ0v) is 15.3. The predicted octanol–water partition coefficient (Wildman–Crippen LogP) is 4.85. The number of furan rings is 1. The minimum atomic E-state index is -1.04. The van der Waals surface area contributed by atoms with Crippen molar-refractivity contribution in [3.05, 3.63) is 89.7 Å². The number of primary amides is 1. The Morgan fingerprint density at radius 1 is 0.933 bits per heavy atom. The van der Waals surface area contributed by atoms with E-state index in [9.17, 15) is 18.4 Å². The van der Waals surface area contributed by atoms with Gasteiger partial charge in [0.1, 0.15) is 23.0 Å². The fourth-order valence-corrected chi connectivity index (χ4v) is 2.93. The van der Waals surface area contributed by atoms with E-state index in [-0.39, 0.29) is 22.2 Å². The summed E-state index contributed by atoms with van der Waals surface area (Å²) in [7, 11) is 0. The van der Waals surface area contributed by atoms with Crippen molar-refractivity contribution in [2.45, 2.75) is 0 Å². The topological polar surface area (TPSA) is 94.6 Å². The van der Waals surface area contributed by atoms with Gasteiger partial charge in [0.25, 0.3) is 11.8 Å². The van der Waals surface area contributed by atoms with Gasteiger partial charge in [-0.1, -0.05) is 24.3 Å². The molecule has 0 saturated heterocycles. The molecule has 0 bridgehead atoms. The molecule has 6 nitrogen and oxygen atoms in total. The van der Waals surface area contributed by atoms with E-state index in [1.54, 1.807) is 36.4 Å². The van der Waals surface area contributed by atoms with Gasteiger partial charge in [-0.25, -0.2) is 8.78 Å². The molecule has 0 radical (unpaired) electrons. The number of nitrogens with two attached hydrogens (primary N) is 1. The van der Waals surface area contributed by atoms with Crippen molar-refractivity contribution in [1.29, 1.82) is 0 Å². The van der Waals surface area contributed by atoms with Gasteiger partial charge in [0.2, 0.25) is 5.76 Å². The first-order valence-electron chi connectivity index (χ1n) is 8.78. The summed E-state index contributed by atoms with van der Waals surface area (Å²) in [5.74, 6) is -3.11. The molecule has 30 heavy (non-hydrogen) atoms. The molecule has 2 amide bonds. The van der Waals surface area contributed by atoms with Gasteiger partial charge in [-0.2, -0.15) is 0 Å². The standard InChI is InChI=1S/C22H14F2N2O4/c23-13-10-16-18(20(21(25)27)30-19(16)17(24)11-13)26-22(28)12-5-4-8-15(9-12)29-14-6-2-1-3-7-14/h1-11H,(H2,25,27)(H,26,28). The largest absolute Gasteiger partial charge is 0.457 e. The molecule has 0 aliphatic rings. The normalized spacial score (nSPS) is 10.7. The molecule has 0 saturated carbocycles. The van der Waals surface area contributed by atoms with Crippen LogP contribution in [0.15, 0.2) is 71.1 Å². The third-order valence-corrected chi connectivity index (χ3v) is 4.25. The van der Waals surface area contributed by atoms with Crippen LogP contribution in [0.5, 0.6) is 11.5 Å². The predicted molar refractivity (Wildman–Crippen MR) is 106 cm³/mol. The lowest BCUT2D eigenvalue weighted by molar-refractivity contribution is 0.0977. The maximum atomic E-state index is 14.0. The number of halogens is 2. The van der Waals surface area contributed by atoms with Gasteiger partial charge in [0.15, 0.2) is 11.4 Å². The van der Waals surface area contributed by atoms with E-state index in [1.807, 2.05) is 6.07 Å². The van der Waals surface area contributed by atoms with Crippen LogP contribution in [0, 0.1) is 11.6 Å². The maximum Gasteiger partial charge on any atom is 0.286 e. The van der Waals surface area contributed by atoms with E-state index >= 15 is 0 Å². The molecule has 8 heteroatoms. The molecular formula is C22H14F2N2O4. The number of carbonyl (C=O) groups excluding carboxylic acids is 2. The summed E-state index contributed by atoms with van der Waals surface area (Å²) in [6.45, 7) is 0. The third-order valence-electron chi connectivity index (χ3n) is 4.25. The highest BCUT2D eigenvalue weighted by Gasteiger charge is 2.24. The summed E-state index contributed by atoms with van der Waals surface area (Å²) in [5, 5.41) is 2.34. The lowest BCUT2D eigenvalue weighted by Crippen LogP contribution is -2.17. The molecule has 1 aromatic heterocycles. The molecule has 0 aliphatic heterocycles.